The zero-order valence-electron chi connectivity index (χ0n) is 32.9. The zero-order valence-corrected chi connectivity index (χ0v) is 33.8. The van der Waals surface area contributed by atoms with E-state index in [4.69, 9.17) is 9.72 Å². The van der Waals surface area contributed by atoms with E-state index in [1.54, 1.807) is 11.8 Å². The molecule has 7 rings (SSSR count). The van der Waals surface area contributed by atoms with E-state index in [0.29, 0.717) is 44.3 Å². The lowest BCUT2D eigenvalue weighted by Crippen LogP contribution is -2.59. The molecule has 2 aromatic rings. The molecule has 5 amide bonds. The van der Waals surface area contributed by atoms with Crippen molar-refractivity contribution in [1.82, 2.24) is 30.1 Å². The Bertz CT molecular complexity index is 2020. The molecule has 14 heteroatoms. The van der Waals surface area contributed by atoms with E-state index in [1.807, 2.05) is 71.0 Å². The van der Waals surface area contributed by atoms with Gasteiger partial charge in [-0.3, -0.25) is 19.1 Å². The number of carbonyl (C=O) groups is 4. The van der Waals surface area contributed by atoms with Crippen LogP contribution >= 0.6 is 0 Å². The van der Waals surface area contributed by atoms with Crippen LogP contribution in [0.25, 0.3) is 10.9 Å². The van der Waals surface area contributed by atoms with Crippen LogP contribution in [0.3, 0.4) is 0 Å². The lowest BCUT2D eigenvalue weighted by Gasteiger charge is -2.37. The normalized spacial score (nSPS) is 29.6. The van der Waals surface area contributed by atoms with Crippen molar-refractivity contribution in [2.75, 3.05) is 6.54 Å². The Labute approximate surface area is 324 Å². The first kappa shape index (κ1) is 39.1. The van der Waals surface area contributed by atoms with E-state index in [0.717, 1.165) is 41.4 Å². The van der Waals surface area contributed by atoms with Gasteiger partial charge in [0.25, 0.3) is 5.91 Å². The van der Waals surface area contributed by atoms with E-state index in [2.05, 4.69) is 15.4 Å². The fourth-order valence-corrected chi connectivity index (χ4v) is 10.2. The van der Waals surface area contributed by atoms with Crippen molar-refractivity contribution in [3.05, 3.63) is 47.7 Å². The van der Waals surface area contributed by atoms with Gasteiger partial charge in [-0.25, -0.2) is 18.2 Å². The number of nitrogens with one attached hydrogen (secondary N) is 3. The summed E-state index contributed by atoms with van der Waals surface area (Å²) < 4.78 is 34.6. The van der Waals surface area contributed by atoms with Gasteiger partial charge in [-0.05, 0) is 99.0 Å². The topological polar surface area (TPSA) is 167 Å². The van der Waals surface area contributed by atoms with Gasteiger partial charge in [-0.2, -0.15) is 0 Å². The van der Waals surface area contributed by atoms with Gasteiger partial charge >= 0.3 is 6.03 Å². The number of pyridine rings is 1. The second-order valence-electron chi connectivity index (χ2n) is 17.3. The number of nitrogens with zero attached hydrogens (tertiary/aromatic N) is 3. The number of sulfonamides is 1. The first-order chi connectivity index (χ1) is 26.0. The van der Waals surface area contributed by atoms with Crippen LogP contribution in [0.15, 0.2) is 36.4 Å². The van der Waals surface area contributed by atoms with Gasteiger partial charge in [-0.1, -0.05) is 43.2 Å². The molecule has 0 bridgehead atoms. The summed E-state index contributed by atoms with van der Waals surface area (Å²) in [7, 11) is -3.97. The standard InChI is InChI=1S/C41H56N6O7S/c1-25(2)47(26(3)4)38(51)43-32-17-11-9-7-8-10-14-28-22-41(28,37(50)45-55(52,53)39(6)20-21-39)44-35(48)33-23-40(24-46(33)36(32)49)19-18-30-29-15-12-13-16-31(29)42-27(5)34(30)54-40/h10,12-16,25-26,28,32-33H,7-9,11,17-24H2,1-6H3,(H,43,51)(H,44,48)(H,45,50)/b14-10-/t28-,32+,33+,40-,41-/m1/s1. The molecule has 1 aromatic carbocycles. The molecule has 13 nitrogen and oxygen atoms in total. The first-order valence-corrected chi connectivity index (χ1v) is 21.5. The number of rotatable bonds is 6. The van der Waals surface area contributed by atoms with Crippen molar-refractivity contribution in [2.45, 2.75) is 152 Å². The monoisotopic (exact) mass is 776 g/mol. The molecule has 2 saturated carbocycles. The summed E-state index contributed by atoms with van der Waals surface area (Å²) in [6, 6.07) is 5.39. The van der Waals surface area contributed by atoms with Crippen LogP contribution in [-0.4, -0.2) is 93.6 Å². The quantitative estimate of drug-likeness (QED) is 0.352. The summed E-state index contributed by atoms with van der Waals surface area (Å²) in [5.41, 5.74) is 0.198. The average Bonchev–Trinajstić information content (AvgIpc) is 4.01. The Morgan fingerprint density at radius 2 is 1.76 bits per heavy atom. The van der Waals surface area contributed by atoms with Crippen LogP contribution in [0.1, 0.15) is 110 Å². The highest BCUT2D eigenvalue weighted by Crippen LogP contribution is 2.49. The molecule has 1 aromatic heterocycles. The predicted molar refractivity (Wildman–Crippen MR) is 209 cm³/mol. The summed E-state index contributed by atoms with van der Waals surface area (Å²) in [6.07, 6.45) is 9.77. The maximum absolute atomic E-state index is 14.9. The largest absolute Gasteiger partial charge is 0.483 e. The molecule has 2 aliphatic carbocycles. The number of ether oxygens (including phenoxy) is 1. The number of amides is 5. The molecular formula is C41H56N6O7S. The number of hydrogen-bond acceptors (Lipinski definition) is 8. The van der Waals surface area contributed by atoms with Crippen molar-refractivity contribution in [1.29, 1.82) is 0 Å². The Morgan fingerprint density at radius 1 is 1.04 bits per heavy atom. The molecule has 3 fully saturated rings. The lowest BCUT2D eigenvalue weighted by atomic mass is 9.87. The van der Waals surface area contributed by atoms with Crippen LogP contribution in [0, 0.1) is 12.8 Å². The van der Waals surface area contributed by atoms with E-state index >= 15 is 0 Å². The summed E-state index contributed by atoms with van der Waals surface area (Å²) >= 11 is 0. The third-order valence-electron chi connectivity index (χ3n) is 12.5. The SMILES string of the molecule is Cc1nc2ccccc2c2c1O[C@]1(CC2)C[C@H]2C(=O)N[C@]3(C(=O)NS(=O)(=O)C4(C)CC4)C[C@H]3/C=C\CCCCC[C@H](NC(=O)N(C(C)C)C(C)C)C(=O)N2C1. The van der Waals surface area contributed by atoms with Gasteiger partial charge in [0.05, 0.1) is 22.5 Å². The van der Waals surface area contributed by atoms with Gasteiger partial charge in [-0.15, -0.1) is 0 Å². The second kappa shape index (κ2) is 14.4. The minimum absolute atomic E-state index is 0.0926. The highest BCUT2D eigenvalue weighted by Gasteiger charge is 2.64. The molecule has 3 aliphatic heterocycles. The Kier molecular flexibility index (Phi) is 10.2. The number of allylic oxidation sites excluding steroid dienone is 1. The number of aromatic nitrogens is 1. The fraction of sp³-hybridized carbons (Fsp3) is 0.634. The molecule has 4 heterocycles. The van der Waals surface area contributed by atoms with Crippen molar-refractivity contribution in [3.8, 4) is 5.75 Å². The lowest BCUT2D eigenvalue weighted by molar-refractivity contribution is -0.141. The van der Waals surface area contributed by atoms with Gasteiger partial charge in [0.1, 0.15) is 29.0 Å². The first-order valence-electron chi connectivity index (χ1n) is 20.0. The van der Waals surface area contributed by atoms with Crippen molar-refractivity contribution in [3.63, 3.8) is 0 Å². The molecule has 0 unspecified atom stereocenters. The van der Waals surface area contributed by atoms with Crippen LogP contribution < -0.4 is 20.1 Å². The summed E-state index contributed by atoms with van der Waals surface area (Å²) in [5, 5.41) is 7.02. The number of benzene rings is 1. The van der Waals surface area contributed by atoms with Gasteiger partial charge in [0.15, 0.2) is 0 Å². The molecule has 298 valence electrons. The number of fused-ring (bicyclic) bond motifs is 5. The molecule has 1 saturated heterocycles. The Morgan fingerprint density at radius 3 is 2.47 bits per heavy atom. The van der Waals surface area contributed by atoms with Gasteiger partial charge in [0, 0.05) is 35.4 Å². The highest BCUT2D eigenvalue weighted by molar-refractivity contribution is 7.91. The average molecular weight is 777 g/mol. The molecule has 1 spiro atoms. The van der Waals surface area contributed by atoms with Crippen molar-refractivity contribution >= 4 is 44.7 Å². The summed E-state index contributed by atoms with van der Waals surface area (Å²) in [5.74, 6) is -1.46. The molecule has 55 heavy (non-hydrogen) atoms. The maximum Gasteiger partial charge on any atom is 0.318 e. The van der Waals surface area contributed by atoms with Crippen LogP contribution in [-0.2, 0) is 30.8 Å². The molecule has 5 aliphatic rings. The molecule has 3 N–H and O–H groups in total. The van der Waals surface area contributed by atoms with E-state index in [1.165, 1.54) is 4.90 Å². The molecular weight excluding hydrogens is 721 g/mol. The Balaban J connectivity index is 1.24. The minimum atomic E-state index is -3.97. The number of para-hydroxylation sites is 1. The maximum atomic E-state index is 14.9. The minimum Gasteiger partial charge on any atom is -0.483 e. The second-order valence-corrected chi connectivity index (χ2v) is 19.5. The highest BCUT2D eigenvalue weighted by atomic mass is 32.2. The molecule has 0 radical (unpaired) electrons. The van der Waals surface area contributed by atoms with E-state index in [9.17, 15) is 27.6 Å². The van der Waals surface area contributed by atoms with E-state index < -0.39 is 55.7 Å². The third-order valence-corrected chi connectivity index (χ3v) is 14.7. The Hall–Kier alpha value is -4.20. The number of aryl methyl sites for hydroxylation is 2. The summed E-state index contributed by atoms with van der Waals surface area (Å²) in [6.45, 7) is 11.3. The summed E-state index contributed by atoms with van der Waals surface area (Å²) in [4.78, 5) is 65.4. The van der Waals surface area contributed by atoms with E-state index in [-0.39, 0.29) is 43.4 Å². The third kappa shape index (κ3) is 7.31. The van der Waals surface area contributed by atoms with Crippen molar-refractivity contribution in [2.24, 2.45) is 5.92 Å². The zero-order chi connectivity index (χ0) is 39.5. The fourth-order valence-electron chi connectivity index (χ4n) is 8.93. The predicted octanol–water partition coefficient (Wildman–Crippen LogP) is 4.80. The number of hydrogen-bond donors (Lipinski definition) is 3. The number of carbonyl (C=O) groups excluding carboxylic acids is 4. The van der Waals surface area contributed by atoms with Crippen molar-refractivity contribution < 1.29 is 32.3 Å². The van der Waals surface area contributed by atoms with Gasteiger partial charge < -0.3 is 25.2 Å². The van der Waals surface area contributed by atoms with Crippen LogP contribution in [0.4, 0.5) is 4.79 Å². The molecule has 5 atom stereocenters. The van der Waals surface area contributed by atoms with Crippen LogP contribution in [0.2, 0.25) is 0 Å². The smallest absolute Gasteiger partial charge is 0.318 e. The number of urea groups is 1. The van der Waals surface area contributed by atoms with Crippen LogP contribution in [0.5, 0.6) is 5.75 Å². The van der Waals surface area contributed by atoms with Gasteiger partial charge in [0.2, 0.25) is 21.8 Å².